The molecule has 0 fully saturated rings. The first kappa shape index (κ1) is 16.1. The van der Waals surface area contributed by atoms with Gasteiger partial charge in [0.1, 0.15) is 5.75 Å². The third kappa shape index (κ3) is 2.66. The standard InChI is InChI=1S/C17H15BrNO3S/c1-3-22-17-12(2)19(16-7-5-4-6-15(16)17)23(20,21)14-10-8-13(18)9-11-14/h4-11H,1,3H2,2H3. The van der Waals surface area contributed by atoms with Crippen molar-refractivity contribution in [2.45, 2.75) is 11.8 Å². The number of para-hydroxylation sites is 1. The molecule has 0 spiro atoms. The van der Waals surface area contributed by atoms with Gasteiger partial charge >= 0.3 is 0 Å². The Morgan fingerprint density at radius 2 is 1.78 bits per heavy atom. The Morgan fingerprint density at radius 3 is 2.43 bits per heavy atom. The summed E-state index contributed by atoms with van der Waals surface area (Å²) in [7, 11) is -3.72. The zero-order valence-electron chi connectivity index (χ0n) is 12.5. The van der Waals surface area contributed by atoms with Crippen molar-refractivity contribution in [3.05, 3.63) is 65.6 Å². The van der Waals surface area contributed by atoms with Gasteiger partial charge < -0.3 is 4.74 Å². The lowest BCUT2D eigenvalue weighted by atomic mass is 10.2. The van der Waals surface area contributed by atoms with E-state index in [4.69, 9.17) is 4.74 Å². The van der Waals surface area contributed by atoms with Crippen LogP contribution in [0.1, 0.15) is 5.69 Å². The van der Waals surface area contributed by atoms with Crippen LogP contribution in [0, 0.1) is 13.8 Å². The maximum Gasteiger partial charge on any atom is 0.268 e. The minimum absolute atomic E-state index is 0.228. The summed E-state index contributed by atoms with van der Waals surface area (Å²) in [4.78, 5) is 0.228. The van der Waals surface area contributed by atoms with E-state index in [0.29, 0.717) is 17.0 Å². The fraction of sp³-hybridized carbons (Fsp3) is 0.118. The van der Waals surface area contributed by atoms with E-state index in [1.807, 2.05) is 18.2 Å². The highest BCUT2D eigenvalue weighted by Crippen LogP contribution is 2.35. The van der Waals surface area contributed by atoms with Crippen LogP contribution in [0.25, 0.3) is 10.9 Å². The largest absolute Gasteiger partial charge is 0.491 e. The number of hydrogen-bond donors (Lipinski definition) is 0. The first-order valence-corrected chi connectivity index (χ1v) is 9.23. The van der Waals surface area contributed by atoms with Gasteiger partial charge in [-0.15, -0.1) is 0 Å². The number of nitrogens with zero attached hydrogens (tertiary/aromatic N) is 1. The Bertz CT molecular complexity index is 959. The molecule has 0 saturated heterocycles. The molecule has 1 heterocycles. The van der Waals surface area contributed by atoms with Gasteiger partial charge in [-0.25, -0.2) is 12.4 Å². The lowest BCUT2D eigenvalue weighted by Crippen LogP contribution is -2.14. The second kappa shape index (κ2) is 6.02. The minimum atomic E-state index is -3.72. The highest BCUT2D eigenvalue weighted by atomic mass is 79.9. The van der Waals surface area contributed by atoms with Crippen LogP contribution in [0.15, 0.2) is 57.9 Å². The SMILES string of the molecule is [CH2]COc1c(C)n(S(=O)(=O)c2ccc(Br)cc2)c2ccccc12. The molecule has 0 unspecified atom stereocenters. The van der Waals surface area contributed by atoms with Crippen molar-refractivity contribution < 1.29 is 13.2 Å². The van der Waals surface area contributed by atoms with Gasteiger partial charge in [0.2, 0.25) is 0 Å². The van der Waals surface area contributed by atoms with Crippen molar-refractivity contribution in [3.63, 3.8) is 0 Å². The van der Waals surface area contributed by atoms with Crippen LogP contribution in [-0.4, -0.2) is 19.0 Å². The van der Waals surface area contributed by atoms with E-state index in [1.165, 1.54) is 3.97 Å². The predicted octanol–water partition coefficient (Wildman–Crippen LogP) is 4.16. The number of hydrogen-bond acceptors (Lipinski definition) is 3. The number of aromatic nitrogens is 1. The quantitative estimate of drug-likeness (QED) is 0.669. The molecular weight excluding hydrogens is 378 g/mol. The number of halogens is 1. The van der Waals surface area contributed by atoms with Gasteiger partial charge in [-0.2, -0.15) is 0 Å². The number of rotatable bonds is 4. The van der Waals surface area contributed by atoms with Crippen LogP contribution in [0.4, 0.5) is 0 Å². The monoisotopic (exact) mass is 392 g/mol. The molecule has 23 heavy (non-hydrogen) atoms. The van der Waals surface area contributed by atoms with E-state index in [-0.39, 0.29) is 11.5 Å². The van der Waals surface area contributed by atoms with Crippen molar-refractivity contribution in [1.82, 2.24) is 3.97 Å². The van der Waals surface area contributed by atoms with Gasteiger partial charge in [-0.1, -0.05) is 28.1 Å². The molecule has 6 heteroatoms. The number of ether oxygens (including phenoxy) is 1. The van der Waals surface area contributed by atoms with E-state index >= 15 is 0 Å². The molecule has 4 nitrogen and oxygen atoms in total. The van der Waals surface area contributed by atoms with E-state index < -0.39 is 10.0 Å². The second-order valence-electron chi connectivity index (χ2n) is 5.00. The molecule has 0 amide bonds. The van der Waals surface area contributed by atoms with Crippen molar-refractivity contribution in [1.29, 1.82) is 0 Å². The highest BCUT2D eigenvalue weighted by molar-refractivity contribution is 9.10. The van der Waals surface area contributed by atoms with Gasteiger partial charge in [0, 0.05) is 9.86 Å². The Morgan fingerprint density at radius 1 is 1.13 bits per heavy atom. The van der Waals surface area contributed by atoms with Crippen molar-refractivity contribution in [2.75, 3.05) is 6.61 Å². The molecular formula is C17H15BrNO3S. The third-order valence-corrected chi connectivity index (χ3v) is 5.95. The number of benzene rings is 2. The third-order valence-electron chi connectivity index (χ3n) is 3.60. The summed E-state index contributed by atoms with van der Waals surface area (Å²) in [6.45, 7) is 5.65. The first-order chi connectivity index (χ1) is 11.0. The van der Waals surface area contributed by atoms with E-state index in [2.05, 4.69) is 22.9 Å². The molecule has 1 radical (unpaired) electrons. The van der Waals surface area contributed by atoms with E-state index in [0.717, 1.165) is 9.86 Å². The molecule has 0 aliphatic rings. The van der Waals surface area contributed by atoms with Crippen LogP contribution in [0.3, 0.4) is 0 Å². The van der Waals surface area contributed by atoms with E-state index in [9.17, 15) is 8.42 Å². The molecule has 2 aromatic carbocycles. The first-order valence-electron chi connectivity index (χ1n) is 7.00. The maximum atomic E-state index is 13.1. The lowest BCUT2D eigenvalue weighted by Gasteiger charge is -2.10. The Hall–Kier alpha value is -1.79. The van der Waals surface area contributed by atoms with Gasteiger partial charge in [-0.3, -0.25) is 0 Å². The Balaban J connectivity index is 2.31. The second-order valence-corrected chi connectivity index (χ2v) is 7.71. The van der Waals surface area contributed by atoms with Crippen LogP contribution in [0.2, 0.25) is 0 Å². The molecule has 3 rings (SSSR count). The fourth-order valence-corrected chi connectivity index (χ4v) is 4.43. The van der Waals surface area contributed by atoms with E-state index in [1.54, 1.807) is 37.3 Å². The van der Waals surface area contributed by atoms with Crippen molar-refractivity contribution >= 4 is 36.9 Å². The zero-order valence-corrected chi connectivity index (χ0v) is 14.9. The van der Waals surface area contributed by atoms with Gasteiger partial charge in [0.05, 0.1) is 22.7 Å². The maximum absolute atomic E-state index is 13.1. The van der Waals surface area contributed by atoms with Gasteiger partial charge in [0.15, 0.2) is 0 Å². The molecule has 0 N–H and O–H groups in total. The normalized spacial score (nSPS) is 11.8. The lowest BCUT2D eigenvalue weighted by molar-refractivity contribution is 0.362. The van der Waals surface area contributed by atoms with Crippen LogP contribution < -0.4 is 4.74 Å². The Labute approximate surface area is 143 Å². The molecule has 3 aromatic rings. The van der Waals surface area contributed by atoms with Crippen LogP contribution in [-0.2, 0) is 10.0 Å². The molecule has 0 atom stereocenters. The highest BCUT2D eigenvalue weighted by Gasteiger charge is 2.25. The topological polar surface area (TPSA) is 48.3 Å². The summed E-state index contributed by atoms with van der Waals surface area (Å²) in [5.74, 6) is 0.552. The average Bonchev–Trinajstić information content (AvgIpc) is 2.81. The smallest absolute Gasteiger partial charge is 0.268 e. The molecule has 1 aromatic heterocycles. The molecule has 0 aliphatic carbocycles. The van der Waals surface area contributed by atoms with Gasteiger partial charge in [0.25, 0.3) is 10.0 Å². The summed E-state index contributed by atoms with van der Waals surface area (Å²) in [5, 5.41) is 0.759. The summed E-state index contributed by atoms with van der Waals surface area (Å²) in [6, 6.07) is 13.9. The van der Waals surface area contributed by atoms with Crippen LogP contribution in [0.5, 0.6) is 5.75 Å². The Kier molecular flexibility index (Phi) is 4.21. The van der Waals surface area contributed by atoms with Gasteiger partial charge in [-0.05, 0) is 50.2 Å². The van der Waals surface area contributed by atoms with Crippen molar-refractivity contribution in [3.8, 4) is 5.75 Å². The fourth-order valence-electron chi connectivity index (χ4n) is 2.62. The molecule has 119 valence electrons. The zero-order chi connectivity index (χ0) is 16.6. The molecule has 0 saturated carbocycles. The number of fused-ring (bicyclic) bond motifs is 1. The molecule has 0 aliphatic heterocycles. The summed E-state index contributed by atoms with van der Waals surface area (Å²) >= 11 is 3.32. The summed E-state index contributed by atoms with van der Waals surface area (Å²) in [5.41, 5.74) is 1.13. The predicted molar refractivity (Wildman–Crippen MR) is 94.3 cm³/mol. The summed E-state index contributed by atoms with van der Waals surface area (Å²) < 4.78 is 33.9. The van der Waals surface area contributed by atoms with Crippen molar-refractivity contribution in [2.24, 2.45) is 0 Å². The average molecular weight is 393 g/mol. The summed E-state index contributed by atoms with van der Waals surface area (Å²) in [6.07, 6.45) is 0. The van der Waals surface area contributed by atoms with Crippen LogP contribution >= 0.6 is 15.9 Å². The minimum Gasteiger partial charge on any atom is -0.491 e. The molecule has 0 bridgehead atoms.